The van der Waals surface area contributed by atoms with Gasteiger partial charge in [0.25, 0.3) is 0 Å². The first-order valence-electron chi connectivity index (χ1n) is 0.577. The van der Waals surface area contributed by atoms with Gasteiger partial charge in [0.05, 0.1) is 0 Å². The van der Waals surface area contributed by atoms with E-state index in [4.69, 9.17) is 9.41 Å². The minimum Gasteiger partial charge on any atom is -2.00 e. The van der Waals surface area contributed by atoms with Gasteiger partial charge in [-0.25, -0.2) is 0 Å². The summed E-state index contributed by atoms with van der Waals surface area (Å²) in [6, 6.07) is 0. The normalized spacial score (nSPS) is 0.667. The van der Waals surface area contributed by atoms with Crippen LogP contribution in [0.4, 0.5) is 0 Å². The molecule has 0 atom stereocenters. The van der Waals surface area contributed by atoms with Crippen molar-refractivity contribution in [2.75, 3.05) is 0 Å². The third-order valence-electron chi connectivity index (χ3n) is 0. The maximum absolute atomic E-state index is 8.00. The Morgan fingerprint density at radius 2 is 0.556 bits per heavy atom. The molecule has 0 unspecified atom stereocenters. The van der Waals surface area contributed by atoms with Crippen molar-refractivity contribution in [3.05, 3.63) is 0 Å². The maximum Gasteiger partial charge on any atom is 3.00 e. The molecule has 0 spiro atoms. The molecule has 0 saturated heterocycles. The van der Waals surface area contributed by atoms with Gasteiger partial charge in [-0.3, -0.25) is 0 Å². The molecule has 0 saturated carbocycles. The summed E-state index contributed by atoms with van der Waals surface area (Å²) in [5.74, 6) is 0. The number of hydrogen-bond acceptors (Lipinski definition) is 2. The van der Waals surface area contributed by atoms with Crippen LogP contribution in [0.3, 0.4) is 0 Å². The van der Waals surface area contributed by atoms with E-state index in [1.807, 2.05) is 15.4 Å². The fraction of sp³-hybridized carbons (Fsp3) is 0. The zero-order valence-corrected chi connectivity index (χ0v) is 6.92. The van der Waals surface area contributed by atoms with Crippen LogP contribution in [0.25, 0.3) is 0 Å². The second-order valence-electron chi connectivity index (χ2n) is 0. The SMILES string of the molecule is B=O.B=O.[Al+3].[Al+3].[O-2].[O-2].[O-2]. The summed E-state index contributed by atoms with van der Waals surface area (Å²) in [4.78, 5) is 0. The Bertz CT molecular complexity index is 14.9. The van der Waals surface area contributed by atoms with Crippen LogP contribution >= 0.6 is 0 Å². The van der Waals surface area contributed by atoms with Crippen molar-refractivity contribution in [1.29, 1.82) is 0 Å². The summed E-state index contributed by atoms with van der Waals surface area (Å²) in [5.41, 5.74) is 0. The van der Waals surface area contributed by atoms with E-state index in [1.54, 1.807) is 0 Å². The van der Waals surface area contributed by atoms with E-state index in [1.165, 1.54) is 0 Å². The number of hydrogen-bond donors (Lipinski definition) is 0. The Kier molecular flexibility index (Phi) is 12700. The molecule has 0 heterocycles. The molecule has 0 aromatic rings. The smallest absolute Gasteiger partial charge is 2.00 e. The summed E-state index contributed by atoms with van der Waals surface area (Å²) >= 11 is 0. The minimum atomic E-state index is 0. The molecule has 0 amide bonds. The standard InChI is InChI=1S/2Al.2BHO.3O/c;;2*1-2;;;/h;;2*1H;;;/q2*+3;;;3*-2. The van der Waals surface area contributed by atoms with Crippen molar-refractivity contribution >= 4 is 50.2 Å². The van der Waals surface area contributed by atoms with Gasteiger partial charge in [0.15, 0.2) is 0 Å². The fourth-order valence-corrected chi connectivity index (χ4v) is 0. The van der Waals surface area contributed by atoms with Crippen LogP contribution in [0.1, 0.15) is 0 Å². The molecule has 44 valence electrons. The molecule has 0 aromatic heterocycles. The third-order valence-corrected chi connectivity index (χ3v) is 0. The van der Waals surface area contributed by atoms with Gasteiger partial charge in [0.1, 0.15) is 0 Å². The van der Waals surface area contributed by atoms with Gasteiger partial charge in [-0.1, -0.05) is 0 Å². The van der Waals surface area contributed by atoms with Crippen LogP contribution in [0.2, 0.25) is 0 Å². The van der Waals surface area contributed by atoms with Gasteiger partial charge in [-0.05, 0) is 0 Å². The number of rotatable bonds is 0. The average molecular weight is 158 g/mol. The molecule has 0 rings (SSSR count). The molecule has 5 nitrogen and oxygen atoms in total. The first-order valence-corrected chi connectivity index (χ1v) is 0.577. The van der Waals surface area contributed by atoms with E-state index in [0.717, 1.165) is 0 Å². The van der Waals surface area contributed by atoms with Gasteiger partial charge in [0, 0.05) is 0 Å². The minimum absolute atomic E-state index is 0. The van der Waals surface area contributed by atoms with Crippen LogP contribution in [0, 0.1) is 0 Å². The predicted molar refractivity (Wildman–Crippen MR) is 29.2 cm³/mol. The van der Waals surface area contributed by atoms with E-state index in [0.29, 0.717) is 0 Å². The zero-order valence-electron chi connectivity index (χ0n) is 4.61. The topological polar surface area (TPSA) is 120 Å². The van der Waals surface area contributed by atoms with Crippen molar-refractivity contribution in [3.8, 4) is 0 Å². The molecule has 0 N–H and O–H groups in total. The summed E-state index contributed by atoms with van der Waals surface area (Å²) in [6.45, 7) is 0. The summed E-state index contributed by atoms with van der Waals surface area (Å²) < 4.78 is 16.0. The Balaban J connectivity index is -0.00000000114. The van der Waals surface area contributed by atoms with E-state index in [2.05, 4.69) is 0 Å². The molecule has 0 bridgehead atoms. The van der Waals surface area contributed by atoms with Crippen LogP contribution in [0.15, 0.2) is 0 Å². The van der Waals surface area contributed by atoms with E-state index < -0.39 is 0 Å². The van der Waals surface area contributed by atoms with Gasteiger partial charge < -0.3 is 16.4 Å². The first kappa shape index (κ1) is 102. The molecule has 0 aliphatic carbocycles. The molecule has 0 radical (unpaired) electrons. The quantitative estimate of drug-likeness (QED) is 0.357. The van der Waals surface area contributed by atoms with Gasteiger partial charge >= 0.3 is 59.6 Å². The van der Waals surface area contributed by atoms with Crippen molar-refractivity contribution in [2.24, 2.45) is 0 Å². The molecular weight excluding hydrogens is 156 g/mol. The van der Waals surface area contributed by atoms with Crippen molar-refractivity contribution in [2.45, 2.75) is 0 Å². The first-order chi connectivity index (χ1) is 2.00. The molecular formula is H2Al2B2O5. The fourth-order valence-electron chi connectivity index (χ4n) is 0. The van der Waals surface area contributed by atoms with E-state index >= 15 is 0 Å². The van der Waals surface area contributed by atoms with E-state index in [-0.39, 0.29) is 51.2 Å². The van der Waals surface area contributed by atoms with Crippen LogP contribution in [0.5, 0.6) is 0 Å². The van der Waals surface area contributed by atoms with Crippen LogP contribution in [-0.2, 0) is 25.8 Å². The average Bonchev–Trinajstić information content (AvgIpc) is 1.50. The van der Waals surface area contributed by atoms with Crippen molar-refractivity contribution in [3.63, 3.8) is 0 Å². The van der Waals surface area contributed by atoms with Gasteiger partial charge in [-0.2, -0.15) is 0 Å². The van der Waals surface area contributed by atoms with Crippen LogP contribution in [-0.4, -0.2) is 50.2 Å². The molecule has 0 aliphatic heterocycles. The second-order valence-corrected chi connectivity index (χ2v) is 0. The molecule has 9 heteroatoms. The van der Waals surface area contributed by atoms with Crippen molar-refractivity contribution in [1.82, 2.24) is 0 Å². The maximum atomic E-state index is 8.00. The van der Waals surface area contributed by atoms with Gasteiger partial charge in [0.2, 0.25) is 0 Å². The van der Waals surface area contributed by atoms with Crippen LogP contribution < -0.4 is 0 Å². The molecule has 0 fully saturated rings. The third kappa shape index (κ3) is 849. The molecule has 0 aliphatic rings. The second kappa shape index (κ2) is 1120. The van der Waals surface area contributed by atoms with Gasteiger partial charge in [-0.15, -0.1) is 0 Å². The van der Waals surface area contributed by atoms with Crippen molar-refractivity contribution < 1.29 is 25.8 Å². The summed E-state index contributed by atoms with van der Waals surface area (Å²) in [5, 5.41) is 0. The van der Waals surface area contributed by atoms with E-state index in [9.17, 15) is 0 Å². The molecule has 9 heavy (non-hydrogen) atoms. The largest absolute Gasteiger partial charge is 3.00 e. The Morgan fingerprint density at radius 1 is 0.556 bits per heavy atom. The summed E-state index contributed by atoms with van der Waals surface area (Å²) in [7, 11) is 4.00. The monoisotopic (exact) mass is 158 g/mol. The Morgan fingerprint density at radius 3 is 0.556 bits per heavy atom. The predicted octanol–water partition coefficient (Wildman–Crippen LogP) is -2.65. The Hall–Kier alpha value is 0.675. The summed E-state index contributed by atoms with van der Waals surface area (Å²) in [6.07, 6.45) is 0. The Labute approximate surface area is 76.2 Å². The molecule has 0 aromatic carbocycles. The zero-order chi connectivity index (χ0) is 4.00.